The molecular formula is C13H17NO2. The molecule has 1 fully saturated rings. The third-order valence-electron chi connectivity index (χ3n) is 2.95. The van der Waals surface area contributed by atoms with Gasteiger partial charge < -0.3 is 9.64 Å². The predicted molar refractivity (Wildman–Crippen MR) is 61.9 cm³/mol. The Bertz CT molecular complexity index is 318. The lowest BCUT2D eigenvalue weighted by Crippen LogP contribution is -2.35. The Hall–Kier alpha value is -1.35. The van der Waals surface area contributed by atoms with Crippen LogP contribution in [0.1, 0.15) is 18.4 Å². The van der Waals surface area contributed by atoms with E-state index >= 15 is 0 Å². The Balaban J connectivity index is 1.73. The van der Waals surface area contributed by atoms with Crippen molar-refractivity contribution in [3.05, 3.63) is 35.9 Å². The molecule has 0 N–H and O–H groups in total. The summed E-state index contributed by atoms with van der Waals surface area (Å²) >= 11 is 0. The average molecular weight is 219 g/mol. The van der Waals surface area contributed by atoms with Crippen molar-refractivity contribution in [2.24, 2.45) is 0 Å². The van der Waals surface area contributed by atoms with E-state index < -0.39 is 0 Å². The van der Waals surface area contributed by atoms with Gasteiger partial charge in [0.1, 0.15) is 0 Å². The lowest BCUT2D eigenvalue weighted by atomic mass is 10.1. The Morgan fingerprint density at radius 1 is 1.25 bits per heavy atom. The molecule has 16 heavy (non-hydrogen) atoms. The zero-order valence-electron chi connectivity index (χ0n) is 9.34. The second-order valence-corrected chi connectivity index (χ2v) is 4.14. The Labute approximate surface area is 96.0 Å². The SMILES string of the molecule is O=CN1CCC(OCc2ccccc2)CC1. The molecule has 0 radical (unpaired) electrons. The first kappa shape index (κ1) is 11.1. The molecule has 3 heteroatoms. The molecule has 2 rings (SSSR count). The minimum absolute atomic E-state index is 0.302. The van der Waals surface area contributed by atoms with Gasteiger partial charge in [0.2, 0.25) is 6.41 Å². The van der Waals surface area contributed by atoms with Crippen molar-refractivity contribution in [3.8, 4) is 0 Å². The van der Waals surface area contributed by atoms with Gasteiger partial charge in [-0.05, 0) is 18.4 Å². The third kappa shape index (κ3) is 3.07. The Morgan fingerprint density at radius 2 is 1.94 bits per heavy atom. The standard InChI is InChI=1S/C13H17NO2/c15-11-14-8-6-13(7-9-14)16-10-12-4-2-1-3-5-12/h1-5,11,13H,6-10H2. The quantitative estimate of drug-likeness (QED) is 0.723. The topological polar surface area (TPSA) is 29.5 Å². The van der Waals surface area contributed by atoms with Crippen molar-refractivity contribution < 1.29 is 9.53 Å². The molecule has 0 saturated carbocycles. The molecule has 0 aromatic heterocycles. The first-order valence-corrected chi connectivity index (χ1v) is 5.73. The van der Waals surface area contributed by atoms with E-state index in [1.807, 2.05) is 23.1 Å². The number of piperidine rings is 1. The summed E-state index contributed by atoms with van der Waals surface area (Å²) in [5, 5.41) is 0. The van der Waals surface area contributed by atoms with Gasteiger partial charge in [0.15, 0.2) is 0 Å². The van der Waals surface area contributed by atoms with Gasteiger partial charge >= 0.3 is 0 Å². The Morgan fingerprint density at radius 3 is 2.56 bits per heavy atom. The van der Waals surface area contributed by atoms with Crippen LogP contribution in [0.2, 0.25) is 0 Å². The second-order valence-electron chi connectivity index (χ2n) is 4.14. The Kier molecular flexibility index (Phi) is 3.94. The van der Waals surface area contributed by atoms with Crippen molar-refractivity contribution in [1.29, 1.82) is 0 Å². The lowest BCUT2D eigenvalue weighted by Gasteiger charge is -2.29. The van der Waals surface area contributed by atoms with E-state index in [4.69, 9.17) is 4.74 Å². The van der Waals surface area contributed by atoms with Gasteiger partial charge in [-0.2, -0.15) is 0 Å². The minimum Gasteiger partial charge on any atom is -0.373 e. The summed E-state index contributed by atoms with van der Waals surface area (Å²) in [6.07, 6.45) is 3.13. The molecule has 3 nitrogen and oxygen atoms in total. The number of hydrogen-bond acceptors (Lipinski definition) is 2. The fraction of sp³-hybridized carbons (Fsp3) is 0.462. The van der Waals surface area contributed by atoms with Gasteiger partial charge in [-0.25, -0.2) is 0 Å². The fourth-order valence-electron chi connectivity index (χ4n) is 1.94. The third-order valence-corrected chi connectivity index (χ3v) is 2.95. The minimum atomic E-state index is 0.302. The summed E-state index contributed by atoms with van der Waals surface area (Å²) in [5.41, 5.74) is 1.21. The van der Waals surface area contributed by atoms with Crippen LogP contribution in [0.5, 0.6) is 0 Å². The second kappa shape index (κ2) is 5.66. The summed E-state index contributed by atoms with van der Waals surface area (Å²) in [7, 11) is 0. The van der Waals surface area contributed by atoms with E-state index in [-0.39, 0.29) is 0 Å². The molecule has 1 amide bonds. The number of benzene rings is 1. The van der Waals surface area contributed by atoms with Crippen LogP contribution in [0.15, 0.2) is 30.3 Å². The smallest absolute Gasteiger partial charge is 0.209 e. The molecule has 1 aromatic carbocycles. The van der Waals surface area contributed by atoms with Gasteiger partial charge in [0.05, 0.1) is 12.7 Å². The van der Waals surface area contributed by atoms with Gasteiger partial charge in [0.25, 0.3) is 0 Å². The largest absolute Gasteiger partial charge is 0.373 e. The van der Waals surface area contributed by atoms with Gasteiger partial charge in [-0.1, -0.05) is 30.3 Å². The predicted octanol–water partition coefficient (Wildman–Crippen LogP) is 1.82. The van der Waals surface area contributed by atoms with Crippen molar-refractivity contribution >= 4 is 6.41 Å². The van der Waals surface area contributed by atoms with Crippen LogP contribution in [0.3, 0.4) is 0 Å². The number of amides is 1. The molecule has 1 aromatic rings. The average Bonchev–Trinajstić information content (AvgIpc) is 2.38. The lowest BCUT2D eigenvalue weighted by molar-refractivity contribution is -0.120. The molecule has 0 spiro atoms. The van der Waals surface area contributed by atoms with Crippen molar-refractivity contribution in [3.63, 3.8) is 0 Å². The maximum absolute atomic E-state index is 10.5. The summed E-state index contributed by atoms with van der Waals surface area (Å²) < 4.78 is 5.82. The number of nitrogens with zero attached hydrogens (tertiary/aromatic N) is 1. The summed E-state index contributed by atoms with van der Waals surface area (Å²) in [4.78, 5) is 12.3. The normalized spacial score (nSPS) is 17.4. The van der Waals surface area contributed by atoms with Crippen LogP contribution in [-0.4, -0.2) is 30.5 Å². The maximum Gasteiger partial charge on any atom is 0.209 e. The van der Waals surface area contributed by atoms with Crippen molar-refractivity contribution in [2.45, 2.75) is 25.6 Å². The van der Waals surface area contributed by atoms with Crippen LogP contribution in [0.4, 0.5) is 0 Å². The first-order valence-electron chi connectivity index (χ1n) is 5.73. The molecule has 0 aliphatic carbocycles. The molecule has 1 saturated heterocycles. The molecule has 86 valence electrons. The van der Waals surface area contributed by atoms with Gasteiger partial charge in [0, 0.05) is 13.1 Å². The molecular weight excluding hydrogens is 202 g/mol. The maximum atomic E-state index is 10.5. The monoisotopic (exact) mass is 219 g/mol. The number of hydrogen-bond donors (Lipinski definition) is 0. The van der Waals surface area contributed by atoms with E-state index in [9.17, 15) is 4.79 Å². The van der Waals surface area contributed by atoms with Crippen molar-refractivity contribution in [2.75, 3.05) is 13.1 Å². The van der Waals surface area contributed by atoms with Gasteiger partial charge in [-0.3, -0.25) is 4.79 Å². The summed E-state index contributed by atoms with van der Waals surface area (Å²) in [6.45, 7) is 2.32. The number of carbonyl (C=O) groups excluding carboxylic acids is 1. The van der Waals surface area contributed by atoms with Crippen LogP contribution < -0.4 is 0 Å². The highest BCUT2D eigenvalue weighted by Gasteiger charge is 2.18. The highest BCUT2D eigenvalue weighted by atomic mass is 16.5. The van der Waals surface area contributed by atoms with E-state index in [1.54, 1.807) is 0 Å². The van der Waals surface area contributed by atoms with E-state index in [0.717, 1.165) is 32.3 Å². The number of carbonyl (C=O) groups is 1. The molecule has 0 bridgehead atoms. The zero-order chi connectivity index (χ0) is 11.2. The van der Waals surface area contributed by atoms with E-state index in [1.165, 1.54) is 5.56 Å². The molecule has 0 unspecified atom stereocenters. The molecule has 1 heterocycles. The zero-order valence-corrected chi connectivity index (χ0v) is 9.34. The highest BCUT2D eigenvalue weighted by molar-refractivity contribution is 5.47. The highest BCUT2D eigenvalue weighted by Crippen LogP contribution is 2.14. The van der Waals surface area contributed by atoms with Crippen molar-refractivity contribution in [1.82, 2.24) is 4.90 Å². The van der Waals surface area contributed by atoms with Crippen LogP contribution >= 0.6 is 0 Å². The van der Waals surface area contributed by atoms with Gasteiger partial charge in [-0.15, -0.1) is 0 Å². The van der Waals surface area contributed by atoms with Crippen LogP contribution in [0, 0.1) is 0 Å². The summed E-state index contributed by atoms with van der Waals surface area (Å²) in [5.74, 6) is 0. The number of ether oxygens (including phenoxy) is 1. The van der Waals surface area contributed by atoms with Crippen LogP contribution in [-0.2, 0) is 16.1 Å². The summed E-state index contributed by atoms with van der Waals surface area (Å²) in [6, 6.07) is 10.2. The first-order chi connectivity index (χ1) is 7.88. The molecule has 1 aliphatic rings. The van der Waals surface area contributed by atoms with E-state index in [2.05, 4.69) is 12.1 Å². The van der Waals surface area contributed by atoms with E-state index in [0.29, 0.717) is 12.7 Å². The number of likely N-dealkylation sites (tertiary alicyclic amines) is 1. The molecule has 1 aliphatic heterocycles. The number of rotatable bonds is 4. The fourth-order valence-corrected chi connectivity index (χ4v) is 1.94. The molecule has 0 atom stereocenters. The van der Waals surface area contributed by atoms with Crippen LogP contribution in [0.25, 0.3) is 0 Å².